The zero-order valence-electron chi connectivity index (χ0n) is 16.4. The van der Waals surface area contributed by atoms with E-state index in [4.69, 9.17) is 0 Å². The van der Waals surface area contributed by atoms with E-state index in [-0.39, 0.29) is 24.3 Å². The molecule has 0 aliphatic rings. The minimum Gasteiger partial charge on any atom is -0.406 e. The van der Waals surface area contributed by atoms with Gasteiger partial charge in [-0.1, -0.05) is 40.2 Å². The molecule has 31 heavy (non-hydrogen) atoms. The van der Waals surface area contributed by atoms with Crippen LogP contribution in [0.4, 0.5) is 24.9 Å². The molecule has 0 amide bonds. The van der Waals surface area contributed by atoms with Crippen LogP contribution in [0.5, 0.6) is 5.75 Å². The zero-order chi connectivity index (χ0) is 22.4. The highest BCUT2D eigenvalue weighted by molar-refractivity contribution is 9.10. The number of hydrogen-bond donors (Lipinski definition) is 3. The van der Waals surface area contributed by atoms with Crippen LogP contribution in [0.25, 0.3) is 11.3 Å². The van der Waals surface area contributed by atoms with Gasteiger partial charge in [-0.25, -0.2) is 4.98 Å². The van der Waals surface area contributed by atoms with Crippen LogP contribution < -0.4 is 15.4 Å². The lowest BCUT2D eigenvalue weighted by Gasteiger charge is -2.15. The second-order valence-corrected chi connectivity index (χ2v) is 7.66. The fourth-order valence-corrected chi connectivity index (χ4v) is 2.93. The molecule has 0 fully saturated rings. The summed E-state index contributed by atoms with van der Waals surface area (Å²) in [6.07, 6.45) is -4.79. The molecule has 3 aromatic rings. The molecule has 0 saturated heterocycles. The Morgan fingerprint density at radius 3 is 2.52 bits per heavy atom. The Morgan fingerprint density at radius 2 is 1.84 bits per heavy atom. The Hall–Kier alpha value is -2.85. The summed E-state index contributed by atoms with van der Waals surface area (Å²) in [5.74, 6) is 0.369. The quantitative estimate of drug-likeness (QED) is 0.397. The molecule has 0 spiro atoms. The van der Waals surface area contributed by atoms with E-state index in [1.54, 1.807) is 19.1 Å². The fourth-order valence-electron chi connectivity index (χ4n) is 2.66. The predicted molar refractivity (Wildman–Crippen MR) is 116 cm³/mol. The molecule has 0 aliphatic heterocycles. The van der Waals surface area contributed by atoms with E-state index in [2.05, 4.69) is 41.3 Å². The highest BCUT2D eigenvalue weighted by atomic mass is 79.9. The zero-order valence-corrected chi connectivity index (χ0v) is 18.0. The summed E-state index contributed by atoms with van der Waals surface area (Å²) in [5, 5.41) is 15.5. The van der Waals surface area contributed by atoms with Crippen LogP contribution in [-0.2, 0) is 6.54 Å². The van der Waals surface area contributed by atoms with Crippen LogP contribution in [0.15, 0.2) is 59.1 Å². The third kappa shape index (κ3) is 7.11. The first kappa shape index (κ1) is 22.8. The number of hydrogen-bond acceptors (Lipinski definition) is 6. The van der Waals surface area contributed by atoms with Gasteiger partial charge in [-0.2, -0.15) is 4.98 Å². The number of nitrogens with one attached hydrogen (secondary N) is 2. The number of aliphatic hydroxyl groups is 1. The standard InChI is InChI=1S/C21H20BrF3N4O2/c1-13(12-30)27-20-28-18(15-3-2-4-17(9-15)31-21(23,24)25)10-19(29-20)26-11-14-5-7-16(22)8-6-14/h2-10,13,30H,11-12H2,1H3,(H2,26,27,28,29)/t13-/m0/s1. The molecular weight excluding hydrogens is 477 g/mol. The summed E-state index contributed by atoms with van der Waals surface area (Å²) in [6.45, 7) is 2.10. The van der Waals surface area contributed by atoms with Crippen LogP contribution in [0.1, 0.15) is 12.5 Å². The molecule has 1 atom stereocenters. The molecule has 0 bridgehead atoms. The minimum absolute atomic E-state index is 0.135. The number of alkyl halides is 3. The van der Waals surface area contributed by atoms with E-state index in [0.29, 0.717) is 23.6 Å². The van der Waals surface area contributed by atoms with Crippen LogP contribution in [0.3, 0.4) is 0 Å². The number of aromatic nitrogens is 2. The summed E-state index contributed by atoms with van der Waals surface area (Å²) in [7, 11) is 0. The van der Waals surface area contributed by atoms with Crippen molar-refractivity contribution >= 4 is 27.7 Å². The predicted octanol–water partition coefficient (Wildman–Crippen LogP) is 5.21. The smallest absolute Gasteiger partial charge is 0.406 e. The van der Waals surface area contributed by atoms with Crippen molar-refractivity contribution in [3.05, 3.63) is 64.6 Å². The van der Waals surface area contributed by atoms with Gasteiger partial charge in [0.15, 0.2) is 0 Å². The molecule has 0 radical (unpaired) electrons. The number of rotatable bonds is 8. The van der Waals surface area contributed by atoms with Crippen molar-refractivity contribution in [2.45, 2.75) is 25.9 Å². The topological polar surface area (TPSA) is 79.3 Å². The molecule has 3 rings (SSSR count). The first-order chi connectivity index (χ1) is 14.7. The Labute approximate surface area is 185 Å². The first-order valence-corrected chi connectivity index (χ1v) is 10.1. The van der Waals surface area contributed by atoms with E-state index in [1.165, 1.54) is 18.2 Å². The van der Waals surface area contributed by atoms with Crippen molar-refractivity contribution in [1.82, 2.24) is 9.97 Å². The number of benzene rings is 2. The number of anilines is 2. The van der Waals surface area contributed by atoms with Gasteiger partial charge in [0.2, 0.25) is 5.95 Å². The van der Waals surface area contributed by atoms with Gasteiger partial charge in [0, 0.05) is 28.7 Å². The maximum absolute atomic E-state index is 12.6. The SMILES string of the molecule is C[C@@H](CO)Nc1nc(NCc2ccc(Br)cc2)cc(-c2cccc(OC(F)(F)F)c2)n1. The second-order valence-electron chi connectivity index (χ2n) is 6.75. The second kappa shape index (κ2) is 9.97. The van der Waals surface area contributed by atoms with Crippen molar-refractivity contribution < 1.29 is 23.0 Å². The number of nitrogens with zero attached hydrogens (tertiary/aromatic N) is 2. The third-order valence-electron chi connectivity index (χ3n) is 4.13. The van der Waals surface area contributed by atoms with Crippen molar-refractivity contribution in [2.24, 2.45) is 0 Å². The lowest BCUT2D eigenvalue weighted by molar-refractivity contribution is -0.274. The number of ether oxygens (including phenoxy) is 1. The molecular formula is C21H20BrF3N4O2. The van der Waals surface area contributed by atoms with E-state index >= 15 is 0 Å². The van der Waals surface area contributed by atoms with Crippen molar-refractivity contribution in [3.8, 4) is 17.0 Å². The van der Waals surface area contributed by atoms with Crippen LogP contribution >= 0.6 is 15.9 Å². The Bertz CT molecular complexity index is 1020. The highest BCUT2D eigenvalue weighted by Gasteiger charge is 2.31. The molecule has 2 aromatic carbocycles. The summed E-state index contributed by atoms with van der Waals surface area (Å²) in [5.41, 5.74) is 1.84. The van der Waals surface area contributed by atoms with Gasteiger partial charge in [-0.05, 0) is 36.8 Å². The summed E-state index contributed by atoms with van der Waals surface area (Å²) >= 11 is 3.39. The summed E-state index contributed by atoms with van der Waals surface area (Å²) in [4.78, 5) is 8.78. The van der Waals surface area contributed by atoms with Gasteiger partial charge < -0.3 is 20.5 Å². The summed E-state index contributed by atoms with van der Waals surface area (Å²) in [6, 6.07) is 14.6. The molecule has 1 heterocycles. The van der Waals surface area contributed by atoms with Crippen LogP contribution in [0, 0.1) is 0 Å². The molecule has 3 N–H and O–H groups in total. The average Bonchev–Trinajstić information content (AvgIpc) is 2.72. The van der Waals surface area contributed by atoms with Gasteiger partial charge >= 0.3 is 6.36 Å². The molecule has 164 valence electrons. The van der Waals surface area contributed by atoms with Crippen molar-refractivity contribution in [2.75, 3.05) is 17.2 Å². The first-order valence-electron chi connectivity index (χ1n) is 9.33. The maximum atomic E-state index is 12.6. The van der Waals surface area contributed by atoms with E-state index in [1.807, 2.05) is 24.3 Å². The molecule has 6 nitrogen and oxygen atoms in total. The largest absolute Gasteiger partial charge is 0.573 e. The van der Waals surface area contributed by atoms with E-state index in [9.17, 15) is 18.3 Å². The van der Waals surface area contributed by atoms with Gasteiger partial charge in [0.05, 0.1) is 12.3 Å². The number of aliphatic hydroxyl groups excluding tert-OH is 1. The lowest BCUT2D eigenvalue weighted by atomic mass is 10.1. The van der Waals surface area contributed by atoms with Crippen LogP contribution in [0.2, 0.25) is 0 Å². The summed E-state index contributed by atoms with van der Waals surface area (Å²) < 4.78 is 42.7. The van der Waals surface area contributed by atoms with Crippen molar-refractivity contribution in [1.29, 1.82) is 0 Å². The Morgan fingerprint density at radius 1 is 1.10 bits per heavy atom. The minimum atomic E-state index is -4.79. The Balaban J connectivity index is 1.89. The average molecular weight is 497 g/mol. The van der Waals surface area contributed by atoms with Gasteiger partial charge in [0.1, 0.15) is 11.6 Å². The van der Waals surface area contributed by atoms with Gasteiger partial charge in [-0.15, -0.1) is 13.2 Å². The Kier molecular flexibility index (Phi) is 7.34. The lowest BCUT2D eigenvalue weighted by Crippen LogP contribution is -2.21. The molecule has 0 aliphatic carbocycles. The normalized spacial score (nSPS) is 12.3. The van der Waals surface area contributed by atoms with Gasteiger partial charge in [-0.3, -0.25) is 0 Å². The molecule has 0 unspecified atom stereocenters. The van der Waals surface area contributed by atoms with Crippen molar-refractivity contribution in [3.63, 3.8) is 0 Å². The molecule has 0 saturated carbocycles. The fraction of sp³-hybridized carbons (Fsp3) is 0.238. The maximum Gasteiger partial charge on any atom is 0.573 e. The van der Waals surface area contributed by atoms with Crippen LogP contribution in [-0.4, -0.2) is 34.1 Å². The highest BCUT2D eigenvalue weighted by Crippen LogP contribution is 2.29. The molecule has 10 heteroatoms. The van der Waals surface area contributed by atoms with Gasteiger partial charge in [0.25, 0.3) is 0 Å². The molecule has 1 aromatic heterocycles. The van der Waals surface area contributed by atoms with E-state index < -0.39 is 6.36 Å². The van der Waals surface area contributed by atoms with E-state index in [0.717, 1.165) is 10.0 Å². The number of halogens is 4. The third-order valence-corrected chi connectivity index (χ3v) is 4.65. The monoisotopic (exact) mass is 496 g/mol.